The van der Waals surface area contributed by atoms with E-state index >= 15 is 0 Å². The van der Waals surface area contributed by atoms with Crippen LogP contribution in [0, 0.1) is 0 Å². The van der Waals surface area contributed by atoms with Gasteiger partial charge in [0.05, 0.1) is 6.42 Å². The van der Waals surface area contributed by atoms with Crippen molar-refractivity contribution in [1.82, 2.24) is 9.97 Å². The van der Waals surface area contributed by atoms with Gasteiger partial charge < -0.3 is 16.4 Å². The number of amides is 1. The molecule has 6 nitrogen and oxygen atoms in total. The molecule has 20 heavy (non-hydrogen) atoms. The van der Waals surface area contributed by atoms with E-state index in [9.17, 15) is 4.79 Å². The highest BCUT2D eigenvalue weighted by Crippen LogP contribution is 2.28. The van der Waals surface area contributed by atoms with E-state index in [1.54, 1.807) is 12.4 Å². The number of nitrogens with one attached hydrogen (secondary N) is 2. The minimum atomic E-state index is 0.0368. The Kier molecular flexibility index (Phi) is 3.30. The van der Waals surface area contributed by atoms with Crippen LogP contribution in [0.5, 0.6) is 0 Å². The number of fused-ring (bicyclic) bond motifs is 1. The van der Waals surface area contributed by atoms with Gasteiger partial charge in [-0.05, 0) is 23.3 Å². The molecule has 0 atom stereocenters. The Morgan fingerprint density at radius 2 is 2.05 bits per heavy atom. The Labute approximate surface area is 116 Å². The first-order valence-corrected chi connectivity index (χ1v) is 6.45. The van der Waals surface area contributed by atoms with E-state index in [-0.39, 0.29) is 5.91 Å². The second-order valence-corrected chi connectivity index (χ2v) is 4.61. The van der Waals surface area contributed by atoms with Gasteiger partial charge in [-0.15, -0.1) is 0 Å². The first-order chi connectivity index (χ1) is 9.76. The molecule has 0 spiro atoms. The minimum absolute atomic E-state index is 0.0368. The Bertz CT molecular complexity index is 639. The van der Waals surface area contributed by atoms with Gasteiger partial charge in [-0.3, -0.25) is 4.79 Å². The van der Waals surface area contributed by atoms with E-state index < -0.39 is 0 Å². The Hall–Kier alpha value is -2.47. The summed E-state index contributed by atoms with van der Waals surface area (Å²) in [6, 6.07) is 5.87. The van der Waals surface area contributed by atoms with E-state index in [0.29, 0.717) is 25.5 Å². The highest BCUT2D eigenvalue weighted by molar-refractivity contribution is 5.99. The van der Waals surface area contributed by atoms with Crippen LogP contribution in [0.25, 0.3) is 11.1 Å². The van der Waals surface area contributed by atoms with Crippen molar-refractivity contribution in [2.45, 2.75) is 6.42 Å². The molecule has 1 amide bonds. The SMILES string of the molecule is NCCNc1ncc(-c2ccc3c(c2)CC(=O)N3)cn1. The lowest BCUT2D eigenvalue weighted by atomic mass is 10.0. The van der Waals surface area contributed by atoms with E-state index in [1.807, 2.05) is 18.2 Å². The number of anilines is 2. The number of hydrogen-bond acceptors (Lipinski definition) is 5. The summed E-state index contributed by atoms with van der Waals surface area (Å²) in [6.45, 7) is 1.18. The van der Waals surface area contributed by atoms with Crippen LogP contribution in [0.1, 0.15) is 5.56 Å². The normalized spacial score (nSPS) is 12.9. The lowest BCUT2D eigenvalue weighted by Crippen LogP contribution is -2.14. The van der Waals surface area contributed by atoms with Crippen LogP contribution >= 0.6 is 0 Å². The Morgan fingerprint density at radius 3 is 2.80 bits per heavy atom. The zero-order valence-corrected chi connectivity index (χ0v) is 10.9. The van der Waals surface area contributed by atoms with Crippen molar-refractivity contribution < 1.29 is 4.79 Å². The zero-order chi connectivity index (χ0) is 13.9. The molecule has 2 aromatic rings. The third-order valence-corrected chi connectivity index (χ3v) is 3.14. The van der Waals surface area contributed by atoms with Crippen molar-refractivity contribution in [1.29, 1.82) is 0 Å². The fraction of sp³-hybridized carbons (Fsp3) is 0.214. The summed E-state index contributed by atoms with van der Waals surface area (Å²) < 4.78 is 0. The predicted octanol–water partition coefficient (Wildman–Crippen LogP) is 1.01. The minimum Gasteiger partial charge on any atom is -0.353 e. The number of nitrogens with zero attached hydrogens (tertiary/aromatic N) is 2. The first-order valence-electron chi connectivity index (χ1n) is 6.45. The van der Waals surface area contributed by atoms with E-state index in [2.05, 4.69) is 20.6 Å². The van der Waals surface area contributed by atoms with Crippen molar-refractivity contribution >= 4 is 17.5 Å². The molecule has 0 bridgehead atoms. The summed E-state index contributed by atoms with van der Waals surface area (Å²) in [5.41, 5.74) is 9.24. The third-order valence-electron chi connectivity index (χ3n) is 3.14. The summed E-state index contributed by atoms with van der Waals surface area (Å²) in [5, 5.41) is 5.83. The molecule has 1 aromatic heterocycles. The van der Waals surface area contributed by atoms with E-state index in [0.717, 1.165) is 22.4 Å². The molecule has 0 radical (unpaired) electrons. The molecule has 3 rings (SSSR count). The topological polar surface area (TPSA) is 92.9 Å². The van der Waals surface area contributed by atoms with Gasteiger partial charge in [0.1, 0.15) is 0 Å². The quantitative estimate of drug-likeness (QED) is 0.770. The molecule has 102 valence electrons. The number of nitrogens with two attached hydrogens (primary N) is 1. The average Bonchev–Trinajstić information content (AvgIpc) is 2.84. The molecular formula is C14H15N5O. The van der Waals surface area contributed by atoms with Crippen LogP contribution in [0.4, 0.5) is 11.6 Å². The molecule has 4 N–H and O–H groups in total. The number of rotatable bonds is 4. The molecular weight excluding hydrogens is 254 g/mol. The van der Waals surface area contributed by atoms with Crippen LogP contribution in [0.3, 0.4) is 0 Å². The largest absolute Gasteiger partial charge is 0.353 e. The summed E-state index contributed by atoms with van der Waals surface area (Å²) >= 11 is 0. The van der Waals surface area contributed by atoms with Gasteiger partial charge in [-0.2, -0.15) is 0 Å². The maximum absolute atomic E-state index is 11.3. The van der Waals surface area contributed by atoms with Gasteiger partial charge in [-0.1, -0.05) is 6.07 Å². The van der Waals surface area contributed by atoms with Gasteiger partial charge >= 0.3 is 0 Å². The highest BCUT2D eigenvalue weighted by atomic mass is 16.1. The number of carbonyl (C=O) groups excluding carboxylic acids is 1. The molecule has 0 saturated carbocycles. The lowest BCUT2D eigenvalue weighted by molar-refractivity contribution is -0.115. The second-order valence-electron chi connectivity index (χ2n) is 4.61. The maximum atomic E-state index is 11.3. The molecule has 1 aliphatic rings. The maximum Gasteiger partial charge on any atom is 0.228 e. The fourth-order valence-electron chi connectivity index (χ4n) is 2.16. The second kappa shape index (κ2) is 5.26. The van der Waals surface area contributed by atoms with Gasteiger partial charge in [0.25, 0.3) is 0 Å². The van der Waals surface area contributed by atoms with Crippen molar-refractivity contribution in [2.24, 2.45) is 5.73 Å². The fourth-order valence-corrected chi connectivity index (χ4v) is 2.16. The summed E-state index contributed by atoms with van der Waals surface area (Å²) in [5.74, 6) is 0.604. The van der Waals surface area contributed by atoms with Crippen LogP contribution < -0.4 is 16.4 Å². The Morgan fingerprint density at radius 1 is 1.25 bits per heavy atom. The van der Waals surface area contributed by atoms with Crippen LogP contribution in [0.2, 0.25) is 0 Å². The molecule has 1 aliphatic heterocycles. The number of aromatic nitrogens is 2. The average molecular weight is 269 g/mol. The third kappa shape index (κ3) is 2.46. The van der Waals surface area contributed by atoms with E-state index in [1.165, 1.54) is 0 Å². The number of carbonyl (C=O) groups is 1. The molecule has 0 saturated heterocycles. The monoisotopic (exact) mass is 269 g/mol. The Balaban J connectivity index is 1.83. The van der Waals surface area contributed by atoms with Gasteiger partial charge in [0, 0.05) is 36.7 Å². The molecule has 0 aliphatic carbocycles. The highest BCUT2D eigenvalue weighted by Gasteiger charge is 2.17. The van der Waals surface area contributed by atoms with Gasteiger partial charge in [0.2, 0.25) is 11.9 Å². The van der Waals surface area contributed by atoms with Gasteiger partial charge in [-0.25, -0.2) is 9.97 Å². The van der Waals surface area contributed by atoms with Gasteiger partial charge in [0.15, 0.2) is 0 Å². The van der Waals surface area contributed by atoms with Crippen LogP contribution in [-0.4, -0.2) is 29.0 Å². The van der Waals surface area contributed by atoms with Crippen LogP contribution in [-0.2, 0) is 11.2 Å². The van der Waals surface area contributed by atoms with E-state index in [4.69, 9.17) is 5.73 Å². The van der Waals surface area contributed by atoms with Crippen molar-refractivity contribution in [2.75, 3.05) is 23.7 Å². The molecule has 1 aromatic carbocycles. The standard InChI is InChI=1S/C14H15N5O/c15-3-4-16-14-17-7-11(8-18-14)9-1-2-12-10(5-9)6-13(20)19-12/h1-2,5,7-8H,3-4,6,15H2,(H,19,20)(H,16,17,18). The summed E-state index contributed by atoms with van der Waals surface area (Å²) in [6.07, 6.45) is 3.95. The first kappa shape index (κ1) is 12.6. The lowest BCUT2D eigenvalue weighted by Gasteiger charge is -2.06. The molecule has 0 unspecified atom stereocenters. The number of hydrogen-bond donors (Lipinski definition) is 3. The van der Waals surface area contributed by atoms with Crippen molar-refractivity contribution in [3.05, 3.63) is 36.2 Å². The summed E-state index contributed by atoms with van der Waals surface area (Å²) in [4.78, 5) is 19.8. The van der Waals surface area contributed by atoms with Crippen molar-refractivity contribution in [3.8, 4) is 11.1 Å². The van der Waals surface area contributed by atoms with Crippen LogP contribution in [0.15, 0.2) is 30.6 Å². The number of benzene rings is 1. The summed E-state index contributed by atoms with van der Waals surface area (Å²) in [7, 11) is 0. The smallest absolute Gasteiger partial charge is 0.228 e. The van der Waals surface area contributed by atoms with Crippen molar-refractivity contribution in [3.63, 3.8) is 0 Å². The molecule has 6 heteroatoms. The predicted molar refractivity (Wildman–Crippen MR) is 77.3 cm³/mol. The zero-order valence-electron chi connectivity index (χ0n) is 10.9. The molecule has 2 heterocycles. The molecule has 0 fully saturated rings.